The Morgan fingerprint density at radius 2 is 2.00 bits per heavy atom. The van der Waals surface area contributed by atoms with Crippen LogP contribution in [0, 0.1) is 0 Å². The molecule has 0 radical (unpaired) electrons. The maximum atomic E-state index is 12.5. The van der Waals surface area contributed by atoms with Gasteiger partial charge in [0.15, 0.2) is 0 Å². The van der Waals surface area contributed by atoms with E-state index in [0.717, 1.165) is 18.4 Å². The van der Waals surface area contributed by atoms with Crippen LogP contribution in [0.4, 0.5) is 13.2 Å². The van der Waals surface area contributed by atoms with Crippen LogP contribution in [-0.4, -0.2) is 26.4 Å². The molecule has 8 heteroatoms. The molecular weight excluding hydrogens is 285 g/mol. The molecule has 1 aromatic rings. The molecule has 108 valence electrons. The van der Waals surface area contributed by atoms with Crippen molar-refractivity contribution in [1.29, 1.82) is 0 Å². The summed E-state index contributed by atoms with van der Waals surface area (Å²) in [5.41, 5.74) is -0.806. The molecule has 0 saturated heterocycles. The van der Waals surface area contributed by atoms with E-state index in [1.807, 2.05) is 0 Å². The summed E-state index contributed by atoms with van der Waals surface area (Å²) in [6.07, 6.45) is -4.97. The zero-order valence-electron chi connectivity index (χ0n) is 10.0. The maximum Gasteiger partial charge on any atom is 0.416 e. The number of aliphatic hydroxyl groups excluding tert-OH is 1. The molecule has 0 spiro atoms. The molecule has 1 unspecified atom stereocenters. The third-order valence-corrected chi connectivity index (χ3v) is 2.88. The minimum atomic E-state index is -4.49. The first-order valence-corrected chi connectivity index (χ1v) is 7.11. The van der Waals surface area contributed by atoms with Crippen molar-refractivity contribution in [1.82, 2.24) is 0 Å². The minimum absolute atomic E-state index is 0.0620. The second kappa shape index (κ2) is 5.89. The summed E-state index contributed by atoms with van der Waals surface area (Å²) in [5, 5.41) is 9.67. The van der Waals surface area contributed by atoms with Crippen molar-refractivity contribution >= 4 is 10.1 Å². The normalized spacial score (nSPS) is 14.4. The Morgan fingerprint density at radius 1 is 1.37 bits per heavy atom. The highest BCUT2D eigenvalue weighted by molar-refractivity contribution is 7.85. The number of hydrogen-bond donors (Lipinski definition) is 1. The minimum Gasteiger partial charge on any atom is -0.388 e. The van der Waals surface area contributed by atoms with Crippen LogP contribution in [0.25, 0.3) is 0 Å². The Kier molecular flexibility index (Phi) is 4.94. The Hall–Kier alpha value is -1.12. The maximum absolute atomic E-state index is 12.5. The quantitative estimate of drug-likeness (QED) is 0.846. The van der Waals surface area contributed by atoms with E-state index in [-0.39, 0.29) is 18.6 Å². The molecule has 0 heterocycles. The summed E-state index contributed by atoms with van der Waals surface area (Å²) in [7, 11) is -3.62. The second-order valence-corrected chi connectivity index (χ2v) is 5.60. The lowest BCUT2D eigenvalue weighted by atomic mass is 10.0. The van der Waals surface area contributed by atoms with Gasteiger partial charge in [0.25, 0.3) is 10.1 Å². The molecule has 0 fully saturated rings. The fourth-order valence-corrected chi connectivity index (χ4v) is 1.80. The largest absolute Gasteiger partial charge is 0.416 e. The first-order valence-electron chi connectivity index (χ1n) is 5.29. The van der Waals surface area contributed by atoms with E-state index < -0.39 is 28.0 Å². The zero-order chi connectivity index (χ0) is 14.7. The highest BCUT2D eigenvalue weighted by atomic mass is 32.2. The van der Waals surface area contributed by atoms with Crippen LogP contribution in [0.2, 0.25) is 0 Å². The van der Waals surface area contributed by atoms with Crippen LogP contribution in [-0.2, 0) is 20.5 Å². The topological polar surface area (TPSA) is 63.6 Å². The molecule has 0 aliphatic rings. The van der Waals surface area contributed by atoms with Gasteiger partial charge in [-0.25, -0.2) is 0 Å². The molecule has 0 saturated carbocycles. The van der Waals surface area contributed by atoms with Crippen molar-refractivity contribution in [2.75, 3.05) is 12.9 Å². The average molecular weight is 298 g/mol. The Morgan fingerprint density at radius 3 is 2.53 bits per heavy atom. The van der Waals surface area contributed by atoms with Gasteiger partial charge in [0, 0.05) is 6.42 Å². The summed E-state index contributed by atoms with van der Waals surface area (Å²) in [4.78, 5) is 0. The van der Waals surface area contributed by atoms with Gasteiger partial charge in [0.05, 0.1) is 24.5 Å². The van der Waals surface area contributed by atoms with Crippen molar-refractivity contribution in [3.63, 3.8) is 0 Å². The number of benzene rings is 1. The van der Waals surface area contributed by atoms with E-state index in [1.54, 1.807) is 0 Å². The molecule has 0 bridgehead atoms. The zero-order valence-corrected chi connectivity index (χ0v) is 10.8. The monoisotopic (exact) mass is 298 g/mol. The molecule has 1 aromatic carbocycles. The molecule has 19 heavy (non-hydrogen) atoms. The summed E-state index contributed by atoms with van der Waals surface area (Å²) in [6.45, 7) is -0.295. The van der Waals surface area contributed by atoms with Crippen molar-refractivity contribution in [2.24, 2.45) is 0 Å². The summed E-state index contributed by atoms with van der Waals surface area (Å²) in [5.74, 6) is 0. The second-order valence-electron chi connectivity index (χ2n) is 3.95. The van der Waals surface area contributed by atoms with Crippen LogP contribution in [0.15, 0.2) is 24.3 Å². The third-order valence-electron chi connectivity index (χ3n) is 2.29. The van der Waals surface area contributed by atoms with Gasteiger partial charge in [-0.05, 0) is 17.7 Å². The number of rotatable bonds is 5. The van der Waals surface area contributed by atoms with E-state index in [0.29, 0.717) is 0 Å². The SMILES string of the molecule is CS(=O)(=O)OCCC(O)c1cccc(C(F)(F)F)c1. The van der Waals surface area contributed by atoms with Gasteiger partial charge in [0.1, 0.15) is 0 Å². The third kappa shape index (κ3) is 5.58. The lowest BCUT2D eigenvalue weighted by Crippen LogP contribution is -2.10. The van der Waals surface area contributed by atoms with Gasteiger partial charge in [-0.1, -0.05) is 12.1 Å². The lowest BCUT2D eigenvalue weighted by Gasteiger charge is -2.13. The summed E-state index contributed by atoms with van der Waals surface area (Å²) in [6, 6.07) is 4.23. The average Bonchev–Trinajstić information content (AvgIpc) is 2.26. The predicted molar refractivity (Wildman–Crippen MR) is 61.8 cm³/mol. The number of halogens is 3. The van der Waals surface area contributed by atoms with Crippen molar-refractivity contribution < 1.29 is 30.9 Å². The first-order chi connectivity index (χ1) is 8.59. The molecule has 0 aromatic heterocycles. The summed E-state index contributed by atoms with van der Waals surface area (Å²) < 4.78 is 63.1. The summed E-state index contributed by atoms with van der Waals surface area (Å²) >= 11 is 0. The van der Waals surface area contributed by atoms with Gasteiger partial charge in [-0.15, -0.1) is 0 Å². The number of alkyl halides is 3. The van der Waals surface area contributed by atoms with Crippen LogP contribution >= 0.6 is 0 Å². The molecule has 0 aliphatic heterocycles. The van der Waals surface area contributed by atoms with Crippen molar-refractivity contribution in [3.05, 3.63) is 35.4 Å². The van der Waals surface area contributed by atoms with Crippen LogP contribution < -0.4 is 0 Å². The van der Waals surface area contributed by atoms with Gasteiger partial charge < -0.3 is 5.11 Å². The molecule has 1 N–H and O–H groups in total. The highest BCUT2D eigenvalue weighted by Crippen LogP contribution is 2.31. The Labute approximate surface area is 108 Å². The van der Waals surface area contributed by atoms with E-state index >= 15 is 0 Å². The fourth-order valence-electron chi connectivity index (χ4n) is 1.40. The smallest absolute Gasteiger partial charge is 0.388 e. The van der Waals surface area contributed by atoms with Crippen LogP contribution in [0.1, 0.15) is 23.7 Å². The molecular formula is C11H13F3O4S. The van der Waals surface area contributed by atoms with E-state index in [4.69, 9.17) is 0 Å². The lowest BCUT2D eigenvalue weighted by molar-refractivity contribution is -0.137. The van der Waals surface area contributed by atoms with Crippen molar-refractivity contribution in [3.8, 4) is 0 Å². The molecule has 1 atom stereocenters. The van der Waals surface area contributed by atoms with Gasteiger partial charge in [-0.2, -0.15) is 21.6 Å². The van der Waals surface area contributed by atoms with Gasteiger partial charge >= 0.3 is 6.18 Å². The molecule has 0 aliphatic carbocycles. The first kappa shape index (κ1) is 15.9. The van der Waals surface area contributed by atoms with Crippen LogP contribution in [0.3, 0.4) is 0 Å². The highest BCUT2D eigenvalue weighted by Gasteiger charge is 2.30. The van der Waals surface area contributed by atoms with Crippen LogP contribution in [0.5, 0.6) is 0 Å². The van der Waals surface area contributed by atoms with E-state index in [9.17, 15) is 26.7 Å². The van der Waals surface area contributed by atoms with Gasteiger partial charge in [0.2, 0.25) is 0 Å². The van der Waals surface area contributed by atoms with E-state index in [2.05, 4.69) is 4.18 Å². The Balaban J connectivity index is 2.70. The van der Waals surface area contributed by atoms with Gasteiger partial charge in [-0.3, -0.25) is 4.18 Å². The van der Waals surface area contributed by atoms with Crippen molar-refractivity contribution in [2.45, 2.75) is 18.7 Å². The fraction of sp³-hybridized carbons (Fsp3) is 0.455. The Bertz CT molecular complexity index is 525. The predicted octanol–water partition coefficient (Wildman–Crippen LogP) is 2.11. The molecule has 0 amide bonds. The number of hydrogen-bond acceptors (Lipinski definition) is 4. The number of aliphatic hydroxyl groups is 1. The van der Waals surface area contributed by atoms with E-state index in [1.165, 1.54) is 12.1 Å². The molecule has 4 nitrogen and oxygen atoms in total. The standard InChI is InChI=1S/C11H13F3O4S/c1-19(16,17)18-6-5-10(15)8-3-2-4-9(7-8)11(12,13)14/h2-4,7,10,15H,5-6H2,1H3. The molecule has 1 rings (SSSR count).